The number of anilines is 1. The van der Waals surface area contributed by atoms with Crippen molar-refractivity contribution in [1.29, 1.82) is 0 Å². The highest BCUT2D eigenvalue weighted by atomic mass is 35.5. The van der Waals surface area contributed by atoms with Gasteiger partial charge in [0.2, 0.25) is 0 Å². The van der Waals surface area contributed by atoms with Gasteiger partial charge in [0.1, 0.15) is 0 Å². The van der Waals surface area contributed by atoms with Gasteiger partial charge in [0.15, 0.2) is 5.60 Å². The van der Waals surface area contributed by atoms with Gasteiger partial charge in [0.25, 0.3) is 5.91 Å². The number of amides is 1. The van der Waals surface area contributed by atoms with E-state index in [-0.39, 0.29) is 0 Å². The van der Waals surface area contributed by atoms with Crippen LogP contribution in [0.5, 0.6) is 0 Å². The molecule has 0 radical (unpaired) electrons. The predicted molar refractivity (Wildman–Crippen MR) is 118 cm³/mol. The molecule has 4 nitrogen and oxygen atoms in total. The predicted octanol–water partition coefficient (Wildman–Crippen LogP) is 5.05. The molecule has 0 aliphatic rings. The van der Waals surface area contributed by atoms with Crippen molar-refractivity contribution in [1.82, 2.24) is 5.01 Å². The highest BCUT2D eigenvalue weighted by molar-refractivity contribution is 6.30. The van der Waals surface area contributed by atoms with E-state index in [9.17, 15) is 9.90 Å². The molecular weight excluding hydrogens is 407 g/mol. The maximum Gasteiger partial charge on any atom is 0.282 e. The van der Waals surface area contributed by atoms with Crippen molar-refractivity contribution < 1.29 is 9.90 Å². The third-order valence-corrected chi connectivity index (χ3v) is 5.49. The quantitative estimate of drug-likeness (QED) is 0.578. The van der Waals surface area contributed by atoms with E-state index in [1.54, 1.807) is 67.6 Å². The zero-order chi connectivity index (χ0) is 21.2. The number of halogens is 2. The number of carbonyl (C=O) groups is 1. The van der Waals surface area contributed by atoms with Crippen molar-refractivity contribution in [3.63, 3.8) is 0 Å². The molecule has 1 N–H and O–H groups in total. The number of hydrazine groups is 1. The fourth-order valence-electron chi connectivity index (χ4n) is 3.10. The molecule has 29 heavy (non-hydrogen) atoms. The number of rotatable bonds is 5. The third kappa shape index (κ3) is 4.25. The Morgan fingerprint density at radius 3 is 1.62 bits per heavy atom. The highest BCUT2D eigenvalue weighted by Crippen LogP contribution is 2.34. The molecule has 0 saturated carbocycles. The summed E-state index contributed by atoms with van der Waals surface area (Å²) in [6.45, 7) is 2.00. The topological polar surface area (TPSA) is 43.8 Å². The van der Waals surface area contributed by atoms with Gasteiger partial charge in [-0.2, -0.15) is 0 Å². The molecule has 0 aromatic heterocycles. The van der Waals surface area contributed by atoms with Gasteiger partial charge in [-0.3, -0.25) is 14.8 Å². The van der Waals surface area contributed by atoms with Crippen LogP contribution in [0.4, 0.5) is 5.69 Å². The zero-order valence-corrected chi connectivity index (χ0v) is 17.9. The lowest BCUT2D eigenvalue weighted by Gasteiger charge is -2.37. The fraction of sp³-hybridized carbons (Fsp3) is 0.174. The van der Waals surface area contributed by atoms with Gasteiger partial charge in [0.05, 0.1) is 5.69 Å². The summed E-state index contributed by atoms with van der Waals surface area (Å²) in [4.78, 5) is 13.6. The van der Waals surface area contributed by atoms with Crippen LogP contribution in [0.25, 0.3) is 0 Å². The first-order valence-corrected chi connectivity index (χ1v) is 9.82. The highest BCUT2D eigenvalue weighted by Gasteiger charge is 2.43. The minimum absolute atomic E-state index is 0.415. The van der Waals surface area contributed by atoms with Gasteiger partial charge < -0.3 is 5.11 Å². The minimum atomic E-state index is -1.91. The molecule has 0 aliphatic heterocycles. The number of aliphatic hydroxyl groups is 1. The summed E-state index contributed by atoms with van der Waals surface area (Å²) in [5, 5.41) is 15.8. The van der Waals surface area contributed by atoms with E-state index >= 15 is 0 Å². The molecular formula is C23H22Cl2N2O2. The number of hydrogen-bond acceptors (Lipinski definition) is 3. The molecule has 0 saturated heterocycles. The molecule has 0 fully saturated rings. The Balaban J connectivity index is 2.05. The number of aryl methyl sites for hydroxylation is 1. The molecule has 0 heterocycles. The standard InChI is InChI=1S/C23H22Cl2N2O2/c1-16-4-14-21(15-5-16)26(2)27(3)22(28)23(29,17-6-10-19(24)11-7-17)18-8-12-20(25)13-9-18/h4-15,29H,1-3H3. The molecule has 150 valence electrons. The number of carbonyl (C=O) groups excluding carboxylic acids is 1. The van der Waals surface area contributed by atoms with Gasteiger partial charge in [-0.25, -0.2) is 0 Å². The zero-order valence-electron chi connectivity index (χ0n) is 16.4. The van der Waals surface area contributed by atoms with Crippen molar-refractivity contribution in [3.05, 3.63) is 99.5 Å². The minimum Gasteiger partial charge on any atom is -0.372 e. The lowest BCUT2D eigenvalue weighted by molar-refractivity contribution is -0.147. The molecule has 0 spiro atoms. The van der Waals surface area contributed by atoms with Crippen molar-refractivity contribution in [2.45, 2.75) is 12.5 Å². The smallest absolute Gasteiger partial charge is 0.282 e. The van der Waals surface area contributed by atoms with Crippen LogP contribution in [-0.2, 0) is 10.4 Å². The largest absolute Gasteiger partial charge is 0.372 e. The van der Waals surface area contributed by atoms with E-state index in [1.165, 1.54) is 5.01 Å². The van der Waals surface area contributed by atoms with Crippen LogP contribution in [0, 0.1) is 6.92 Å². The Morgan fingerprint density at radius 2 is 1.21 bits per heavy atom. The van der Waals surface area contributed by atoms with Crippen LogP contribution in [0.2, 0.25) is 10.0 Å². The SMILES string of the molecule is Cc1ccc(N(C)N(C)C(=O)C(O)(c2ccc(Cl)cc2)c2ccc(Cl)cc2)cc1. The lowest BCUT2D eigenvalue weighted by Crippen LogP contribution is -2.52. The monoisotopic (exact) mass is 428 g/mol. The normalized spacial score (nSPS) is 11.2. The van der Waals surface area contributed by atoms with E-state index < -0.39 is 11.5 Å². The van der Waals surface area contributed by atoms with Gasteiger partial charge in [-0.1, -0.05) is 65.2 Å². The molecule has 0 atom stereocenters. The lowest BCUT2D eigenvalue weighted by atomic mass is 9.85. The Bertz CT molecular complexity index is 941. The second-order valence-corrected chi connectivity index (χ2v) is 7.78. The summed E-state index contributed by atoms with van der Waals surface area (Å²) < 4.78 is 0. The van der Waals surface area contributed by atoms with Crippen molar-refractivity contribution in [3.8, 4) is 0 Å². The number of likely N-dealkylation sites (N-methyl/N-ethyl adjacent to an activating group) is 1. The van der Waals surface area contributed by atoms with Gasteiger partial charge in [0, 0.05) is 24.1 Å². The summed E-state index contributed by atoms with van der Waals surface area (Å²) in [5.41, 5.74) is 0.857. The second-order valence-electron chi connectivity index (χ2n) is 6.91. The van der Waals surface area contributed by atoms with Gasteiger partial charge in [-0.05, 0) is 54.4 Å². The van der Waals surface area contributed by atoms with Gasteiger partial charge >= 0.3 is 0 Å². The molecule has 0 unspecified atom stereocenters. The van der Waals surface area contributed by atoms with E-state index in [2.05, 4.69) is 0 Å². The van der Waals surface area contributed by atoms with Crippen molar-refractivity contribution in [2.24, 2.45) is 0 Å². The Labute approximate surface area is 180 Å². The molecule has 6 heteroatoms. The second kappa shape index (κ2) is 8.46. The average molecular weight is 429 g/mol. The first kappa shape index (κ1) is 21.2. The molecule has 3 rings (SSSR count). The molecule has 0 bridgehead atoms. The Hall–Kier alpha value is -2.53. The van der Waals surface area contributed by atoms with E-state index in [1.807, 2.05) is 31.2 Å². The van der Waals surface area contributed by atoms with Crippen LogP contribution in [0.15, 0.2) is 72.8 Å². The average Bonchev–Trinajstić information content (AvgIpc) is 2.73. The first-order valence-electron chi connectivity index (χ1n) is 9.06. The number of nitrogens with zero attached hydrogens (tertiary/aromatic N) is 2. The van der Waals surface area contributed by atoms with E-state index in [4.69, 9.17) is 23.2 Å². The molecule has 0 aliphatic carbocycles. The molecule has 3 aromatic rings. The Morgan fingerprint density at radius 1 is 0.793 bits per heavy atom. The third-order valence-electron chi connectivity index (χ3n) is 4.99. The van der Waals surface area contributed by atoms with Crippen LogP contribution < -0.4 is 5.01 Å². The first-order chi connectivity index (χ1) is 13.7. The maximum atomic E-state index is 13.6. The summed E-state index contributed by atoms with van der Waals surface area (Å²) in [7, 11) is 3.39. The summed E-state index contributed by atoms with van der Waals surface area (Å²) in [6.07, 6.45) is 0. The fourth-order valence-corrected chi connectivity index (χ4v) is 3.35. The van der Waals surface area contributed by atoms with Crippen LogP contribution >= 0.6 is 23.2 Å². The molecule has 1 amide bonds. The maximum absolute atomic E-state index is 13.6. The summed E-state index contributed by atoms with van der Waals surface area (Å²) >= 11 is 12.0. The number of hydrogen-bond donors (Lipinski definition) is 1. The van der Waals surface area contributed by atoms with Crippen LogP contribution in [-0.4, -0.2) is 30.1 Å². The van der Waals surface area contributed by atoms with Gasteiger partial charge in [-0.15, -0.1) is 0 Å². The van der Waals surface area contributed by atoms with Crippen LogP contribution in [0.3, 0.4) is 0 Å². The molecule has 3 aromatic carbocycles. The summed E-state index contributed by atoms with van der Waals surface area (Å²) in [6, 6.07) is 21.0. The Kier molecular flexibility index (Phi) is 6.18. The van der Waals surface area contributed by atoms with Crippen LogP contribution in [0.1, 0.15) is 16.7 Å². The van der Waals surface area contributed by atoms with E-state index in [0.717, 1.165) is 11.3 Å². The van der Waals surface area contributed by atoms with Crippen molar-refractivity contribution in [2.75, 3.05) is 19.1 Å². The van der Waals surface area contributed by atoms with Crippen molar-refractivity contribution >= 4 is 34.8 Å². The summed E-state index contributed by atoms with van der Waals surface area (Å²) in [5.74, 6) is -0.509. The number of benzene rings is 3. The van der Waals surface area contributed by atoms with E-state index in [0.29, 0.717) is 21.2 Å².